The molecule has 0 aliphatic carbocycles. The number of hydrogen-bond acceptors (Lipinski definition) is 3. The summed E-state index contributed by atoms with van der Waals surface area (Å²) in [6.45, 7) is 4.67. The Morgan fingerprint density at radius 1 is 1.62 bits per heavy atom. The Labute approximate surface area is 80.7 Å². The third-order valence-electron chi connectivity index (χ3n) is 2.63. The first-order valence-electron chi connectivity index (χ1n) is 5.10. The molecular weight excluding hydrogens is 162 g/mol. The van der Waals surface area contributed by atoms with Gasteiger partial charge in [-0.15, -0.1) is 0 Å². The second kappa shape index (κ2) is 5.95. The van der Waals surface area contributed by atoms with E-state index in [9.17, 15) is 0 Å². The fourth-order valence-corrected chi connectivity index (χ4v) is 1.95. The average molecular weight is 181 g/mol. The van der Waals surface area contributed by atoms with Crippen molar-refractivity contribution >= 4 is 0 Å². The minimum Gasteiger partial charge on any atom is -0.319 e. The van der Waals surface area contributed by atoms with E-state index in [1.807, 2.05) is 7.05 Å². The summed E-state index contributed by atoms with van der Waals surface area (Å²) in [6.07, 6.45) is 3.05. The zero-order valence-corrected chi connectivity index (χ0v) is 8.42. The number of nitrogens with zero attached hydrogens (tertiary/aromatic N) is 2. The van der Waals surface area contributed by atoms with Crippen LogP contribution in [0.1, 0.15) is 19.3 Å². The van der Waals surface area contributed by atoms with Crippen molar-refractivity contribution in [1.82, 2.24) is 10.2 Å². The van der Waals surface area contributed by atoms with Gasteiger partial charge in [-0.05, 0) is 45.4 Å². The molecule has 0 aromatic rings. The Morgan fingerprint density at radius 3 is 3.15 bits per heavy atom. The van der Waals surface area contributed by atoms with Crippen LogP contribution in [0.5, 0.6) is 0 Å². The number of likely N-dealkylation sites (tertiary alicyclic amines) is 1. The highest BCUT2D eigenvalue weighted by atomic mass is 15.1. The number of rotatable bonds is 5. The Bertz CT molecular complexity index is 173. The van der Waals surface area contributed by atoms with Crippen LogP contribution in [0.25, 0.3) is 0 Å². The van der Waals surface area contributed by atoms with Gasteiger partial charge in [-0.3, -0.25) is 0 Å². The Morgan fingerprint density at radius 2 is 2.46 bits per heavy atom. The maximum Gasteiger partial charge on any atom is 0.0622 e. The third-order valence-corrected chi connectivity index (χ3v) is 2.63. The van der Waals surface area contributed by atoms with Gasteiger partial charge in [-0.2, -0.15) is 5.26 Å². The first kappa shape index (κ1) is 10.5. The quantitative estimate of drug-likeness (QED) is 0.639. The largest absolute Gasteiger partial charge is 0.319 e. The zero-order valence-electron chi connectivity index (χ0n) is 8.42. The van der Waals surface area contributed by atoms with Crippen LogP contribution in [-0.2, 0) is 0 Å². The molecule has 3 nitrogen and oxygen atoms in total. The summed E-state index contributed by atoms with van der Waals surface area (Å²) in [5.74, 6) is 0.826. The molecule has 1 aliphatic rings. The van der Waals surface area contributed by atoms with E-state index in [1.165, 1.54) is 19.5 Å². The van der Waals surface area contributed by atoms with Gasteiger partial charge in [0.15, 0.2) is 0 Å². The van der Waals surface area contributed by atoms with Crippen molar-refractivity contribution in [3.05, 3.63) is 0 Å². The first-order valence-corrected chi connectivity index (χ1v) is 5.10. The van der Waals surface area contributed by atoms with Gasteiger partial charge in [-0.25, -0.2) is 0 Å². The van der Waals surface area contributed by atoms with E-state index in [2.05, 4.69) is 16.3 Å². The second-order valence-corrected chi connectivity index (χ2v) is 3.77. The SMILES string of the molecule is CNCC1CCN(CCCC#N)C1. The van der Waals surface area contributed by atoms with Crippen molar-refractivity contribution in [3.8, 4) is 6.07 Å². The van der Waals surface area contributed by atoms with E-state index in [-0.39, 0.29) is 0 Å². The topological polar surface area (TPSA) is 39.1 Å². The molecule has 1 fully saturated rings. The monoisotopic (exact) mass is 181 g/mol. The van der Waals surface area contributed by atoms with Gasteiger partial charge in [0.1, 0.15) is 0 Å². The molecule has 0 aromatic carbocycles. The van der Waals surface area contributed by atoms with E-state index in [1.54, 1.807) is 0 Å². The minimum atomic E-state index is 0.702. The minimum absolute atomic E-state index is 0.702. The van der Waals surface area contributed by atoms with Crippen molar-refractivity contribution in [2.45, 2.75) is 19.3 Å². The molecule has 74 valence electrons. The molecule has 0 spiro atoms. The Kier molecular flexibility index (Phi) is 4.81. The van der Waals surface area contributed by atoms with E-state index in [0.717, 1.165) is 25.4 Å². The molecule has 13 heavy (non-hydrogen) atoms. The Hall–Kier alpha value is -0.590. The van der Waals surface area contributed by atoms with Crippen molar-refractivity contribution in [2.75, 3.05) is 33.2 Å². The van der Waals surface area contributed by atoms with Crippen LogP contribution in [-0.4, -0.2) is 38.1 Å². The van der Waals surface area contributed by atoms with E-state index in [4.69, 9.17) is 5.26 Å². The highest BCUT2D eigenvalue weighted by molar-refractivity contribution is 4.78. The fraction of sp³-hybridized carbons (Fsp3) is 0.900. The lowest BCUT2D eigenvalue weighted by atomic mass is 10.1. The number of hydrogen-bond donors (Lipinski definition) is 1. The highest BCUT2D eigenvalue weighted by Gasteiger charge is 2.20. The van der Waals surface area contributed by atoms with Crippen molar-refractivity contribution in [1.29, 1.82) is 5.26 Å². The molecule has 0 saturated carbocycles. The van der Waals surface area contributed by atoms with Crippen molar-refractivity contribution < 1.29 is 0 Å². The van der Waals surface area contributed by atoms with Gasteiger partial charge in [-0.1, -0.05) is 0 Å². The summed E-state index contributed by atoms with van der Waals surface area (Å²) in [6, 6.07) is 2.19. The molecule has 1 N–H and O–H groups in total. The van der Waals surface area contributed by atoms with Crippen LogP contribution in [0.4, 0.5) is 0 Å². The molecule has 0 amide bonds. The smallest absolute Gasteiger partial charge is 0.0622 e. The average Bonchev–Trinajstić information content (AvgIpc) is 2.54. The van der Waals surface area contributed by atoms with Crippen LogP contribution in [0, 0.1) is 17.2 Å². The summed E-state index contributed by atoms with van der Waals surface area (Å²) in [5, 5.41) is 11.6. The number of nitrogens with one attached hydrogen (secondary N) is 1. The van der Waals surface area contributed by atoms with E-state index >= 15 is 0 Å². The van der Waals surface area contributed by atoms with Gasteiger partial charge in [0, 0.05) is 13.0 Å². The molecule has 1 unspecified atom stereocenters. The second-order valence-electron chi connectivity index (χ2n) is 3.77. The normalized spacial score (nSPS) is 23.2. The molecule has 1 atom stereocenters. The molecule has 3 heteroatoms. The summed E-state index contributed by atoms with van der Waals surface area (Å²) in [7, 11) is 2.01. The van der Waals surface area contributed by atoms with Crippen LogP contribution in [0.3, 0.4) is 0 Å². The maximum absolute atomic E-state index is 8.40. The van der Waals surface area contributed by atoms with Crippen LogP contribution < -0.4 is 5.32 Å². The zero-order chi connectivity index (χ0) is 9.52. The lowest BCUT2D eigenvalue weighted by Crippen LogP contribution is -2.25. The molecule has 1 heterocycles. The molecule has 0 bridgehead atoms. The molecule has 1 aliphatic heterocycles. The van der Waals surface area contributed by atoms with Gasteiger partial charge in [0.05, 0.1) is 6.07 Å². The lowest BCUT2D eigenvalue weighted by molar-refractivity contribution is 0.320. The molecule has 0 radical (unpaired) electrons. The predicted octanol–water partition coefficient (Wildman–Crippen LogP) is 0.831. The highest BCUT2D eigenvalue weighted by Crippen LogP contribution is 2.15. The van der Waals surface area contributed by atoms with Gasteiger partial charge in [0.2, 0.25) is 0 Å². The summed E-state index contributed by atoms with van der Waals surface area (Å²) >= 11 is 0. The van der Waals surface area contributed by atoms with Gasteiger partial charge in [0.25, 0.3) is 0 Å². The van der Waals surface area contributed by atoms with Gasteiger partial charge < -0.3 is 10.2 Å². The van der Waals surface area contributed by atoms with E-state index < -0.39 is 0 Å². The lowest BCUT2D eigenvalue weighted by Gasteiger charge is -2.14. The van der Waals surface area contributed by atoms with Crippen LogP contribution >= 0.6 is 0 Å². The molecule has 0 aromatic heterocycles. The standard InChI is InChI=1S/C10H19N3/c1-12-8-10-4-7-13(9-10)6-3-2-5-11/h10,12H,2-4,6-9H2,1H3. The van der Waals surface area contributed by atoms with Gasteiger partial charge >= 0.3 is 0 Å². The van der Waals surface area contributed by atoms with Crippen molar-refractivity contribution in [3.63, 3.8) is 0 Å². The first-order chi connectivity index (χ1) is 6.36. The number of nitriles is 1. The molecular formula is C10H19N3. The molecule has 1 rings (SSSR count). The fourth-order valence-electron chi connectivity index (χ4n) is 1.95. The summed E-state index contributed by atoms with van der Waals surface area (Å²) in [5.41, 5.74) is 0. The predicted molar refractivity (Wildman–Crippen MR) is 53.3 cm³/mol. The van der Waals surface area contributed by atoms with Crippen LogP contribution in [0.15, 0.2) is 0 Å². The van der Waals surface area contributed by atoms with Crippen molar-refractivity contribution in [2.24, 2.45) is 5.92 Å². The third kappa shape index (κ3) is 3.75. The number of unbranched alkanes of at least 4 members (excludes halogenated alkanes) is 1. The summed E-state index contributed by atoms with van der Waals surface area (Å²) < 4.78 is 0. The maximum atomic E-state index is 8.40. The van der Waals surface area contributed by atoms with Crippen LogP contribution in [0.2, 0.25) is 0 Å². The Balaban J connectivity index is 2.07. The summed E-state index contributed by atoms with van der Waals surface area (Å²) in [4.78, 5) is 2.47. The molecule has 1 saturated heterocycles. The van der Waals surface area contributed by atoms with E-state index in [0.29, 0.717) is 6.42 Å².